The van der Waals surface area contributed by atoms with Crippen LogP contribution in [0, 0.1) is 5.92 Å². The number of hydrogen-bond donors (Lipinski definition) is 1. The second kappa shape index (κ2) is 5.42. The topological polar surface area (TPSA) is 38.4 Å². The van der Waals surface area contributed by atoms with Gasteiger partial charge in [0, 0.05) is 12.8 Å². The molecule has 1 unspecified atom stereocenters. The van der Waals surface area contributed by atoms with Crippen LogP contribution in [0.3, 0.4) is 0 Å². The van der Waals surface area contributed by atoms with Gasteiger partial charge in [0.25, 0.3) is 0 Å². The molecule has 0 saturated carbocycles. The van der Waals surface area contributed by atoms with E-state index in [1.54, 1.807) is 0 Å². The van der Waals surface area contributed by atoms with Crippen LogP contribution in [0.4, 0.5) is 0 Å². The molecule has 0 radical (unpaired) electrons. The van der Waals surface area contributed by atoms with Crippen LogP contribution in [0.1, 0.15) is 27.2 Å². The normalized spacial score (nSPS) is 14.9. The second-order valence-electron chi connectivity index (χ2n) is 2.84. The molecule has 0 aliphatic rings. The predicted octanol–water partition coefficient (Wildman–Crippen LogP) is 1.45. The van der Waals surface area contributed by atoms with E-state index in [4.69, 9.17) is 5.73 Å². The Morgan fingerprint density at radius 1 is 1.50 bits per heavy atom. The molecule has 0 amide bonds. The molecule has 0 aromatic rings. The molecule has 0 bridgehead atoms. The fourth-order valence-electron chi connectivity index (χ4n) is 0.627. The lowest BCUT2D eigenvalue weighted by Gasteiger charge is -2.05. The van der Waals surface area contributed by atoms with E-state index in [9.17, 15) is 0 Å². The minimum Gasteiger partial charge on any atom is -0.328 e. The number of aliphatic imine (C=N–C) groups is 1. The van der Waals surface area contributed by atoms with Gasteiger partial charge in [-0.2, -0.15) is 0 Å². The van der Waals surface area contributed by atoms with Crippen LogP contribution in [0.2, 0.25) is 0 Å². The first-order valence-electron chi connectivity index (χ1n) is 3.94. The van der Waals surface area contributed by atoms with E-state index in [0.29, 0.717) is 18.5 Å². The van der Waals surface area contributed by atoms with Crippen LogP contribution in [0.15, 0.2) is 4.99 Å². The lowest BCUT2D eigenvalue weighted by atomic mass is 10.2. The van der Waals surface area contributed by atoms with E-state index in [0.717, 1.165) is 6.42 Å². The fraction of sp³-hybridized carbons (Fsp3) is 0.875. The summed E-state index contributed by atoms with van der Waals surface area (Å²) in [6, 6.07) is 0.336. The second-order valence-corrected chi connectivity index (χ2v) is 2.84. The number of hydrogen-bond acceptors (Lipinski definition) is 2. The average molecular weight is 142 g/mol. The van der Waals surface area contributed by atoms with Gasteiger partial charge in [-0.3, -0.25) is 4.99 Å². The Labute approximate surface area is 63.5 Å². The van der Waals surface area contributed by atoms with Gasteiger partial charge in [0.05, 0.1) is 6.04 Å². The van der Waals surface area contributed by atoms with Crippen molar-refractivity contribution in [3.8, 4) is 0 Å². The fourth-order valence-corrected chi connectivity index (χ4v) is 0.627. The van der Waals surface area contributed by atoms with Crippen LogP contribution in [0.25, 0.3) is 0 Å². The van der Waals surface area contributed by atoms with Crippen molar-refractivity contribution < 1.29 is 0 Å². The standard InChI is InChI=1S/C8H18N2/c1-4-8(5-9)10-6-7(2)3/h6-8H,4-5,9H2,1-3H3. The third-order valence-electron chi connectivity index (χ3n) is 1.34. The van der Waals surface area contributed by atoms with Gasteiger partial charge >= 0.3 is 0 Å². The van der Waals surface area contributed by atoms with Crippen molar-refractivity contribution in [1.29, 1.82) is 0 Å². The van der Waals surface area contributed by atoms with Crippen molar-refractivity contribution in [1.82, 2.24) is 0 Å². The van der Waals surface area contributed by atoms with E-state index in [-0.39, 0.29) is 0 Å². The molecule has 10 heavy (non-hydrogen) atoms. The first kappa shape index (κ1) is 9.63. The Kier molecular flexibility index (Phi) is 5.22. The van der Waals surface area contributed by atoms with Crippen molar-refractivity contribution >= 4 is 6.21 Å². The van der Waals surface area contributed by atoms with Gasteiger partial charge in [-0.1, -0.05) is 20.8 Å². The monoisotopic (exact) mass is 142 g/mol. The number of nitrogens with zero attached hydrogens (tertiary/aromatic N) is 1. The minimum atomic E-state index is 0.336. The molecule has 2 N–H and O–H groups in total. The van der Waals surface area contributed by atoms with Crippen molar-refractivity contribution in [2.24, 2.45) is 16.6 Å². The quantitative estimate of drug-likeness (QED) is 0.593. The summed E-state index contributed by atoms with van der Waals surface area (Å²) in [7, 11) is 0. The van der Waals surface area contributed by atoms with Crippen LogP contribution in [-0.2, 0) is 0 Å². The number of nitrogens with two attached hydrogens (primary N) is 1. The van der Waals surface area contributed by atoms with Crippen LogP contribution in [-0.4, -0.2) is 18.8 Å². The van der Waals surface area contributed by atoms with Crippen LogP contribution >= 0.6 is 0 Å². The lowest BCUT2D eigenvalue weighted by Crippen LogP contribution is -2.17. The molecular formula is C8H18N2. The molecule has 2 heteroatoms. The Morgan fingerprint density at radius 3 is 2.40 bits per heavy atom. The molecule has 60 valence electrons. The molecule has 0 aromatic heterocycles. The van der Waals surface area contributed by atoms with Crippen LogP contribution < -0.4 is 5.73 Å². The van der Waals surface area contributed by atoms with Gasteiger partial charge in [0.15, 0.2) is 0 Å². The molecule has 0 aliphatic heterocycles. The van der Waals surface area contributed by atoms with Crippen LogP contribution in [0.5, 0.6) is 0 Å². The molecule has 0 aliphatic carbocycles. The Balaban J connectivity index is 3.61. The third kappa shape index (κ3) is 4.50. The van der Waals surface area contributed by atoms with Crippen molar-refractivity contribution in [2.45, 2.75) is 33.2 Å². The largest absolute Gasteiger partial charge is 0.328 e. The smallest absolute Gasteiger partial charge is 0.0615 e. The summed E-state index contributed by atoms with van der Waals surface area (Å²) in [5.41, 5.74) is 5.46. The summed E-state index contributed by atoms with van der Waals surface area (Å²) >= 11 is 0. The average Bonchev–Trinajstić information content (AvgIpc) is 1.90. The van der Waals surface area contributed by atoms with Gasteiger partial charge < -0.3 is 5.73 Å². The molecule has 0 aromatic carbocycles. The summed E-state index contributed by atoms with van der Waals surface area (Å²) < 4.78 is 0. The maximum absolute atomic E-state index is 5.46. The third-order valence-corrected chi connectivity index (χ3v) is 1.34. The molecule has 0 saturated heterocycles. The van der Waals surface area contributed by atoms with E-state index in [1.165, 1.54) is 0 Å². The summed E-state index contributed by atoms with van der Waals surface area (Å²) in [6.07, 6.45) is 3.01. The van der Waals surface area contributed by atoms with E-state index in [2.05, 4.69) is 25.8 Å². The number of rotatable bonds is 4. The van der Waals surface area contributed by atoms with Gasteiger partial charge in [0.1, 0.15) is 0 Å². The molecule has 0 spiro atoms. The van der Waals surface area contributed by atoms with Gasteiger partial charge in [-0.25, -0.2) is 0 Å². The van der Waals surface area contributed by atoms with Crippen molar-refractivity contribution in [2.75, 3.05) is 6.54 Å². The first-order chi connectivity index (χ1) is 4.70. The molecular weight excluding hydrogens is 124 g/mol. The summed E-state index contributed by atoms with van der Waals surface area (Å²) in [5, 5.41) is 0. The van der Waals surface area contributed by atoms with Crippen molar-refractivity contribution in [3.05, 3.63) is 0 Å². The first-order valence-corrected chi connectivity index (χ1v) is 3.94. The maximum atomic E-state index is 5.46. The van der Waals surface area contributed by atoms with E-state index < -0.39 is 0 Å². The highest BCUT2D eigenvalue weighted by molar-refractivity contribution is 5.59. The minimum absolute atomic E-state index is 0.336. The van der Waals surface area contributed by atoms with Gasteiger partial charge in [0.2, 0.25) is 0 Å². The summed E-state index contributed by atoms with van der Waals surface area (Å²) in [4.78, 5) is 4.31. The van der Waals surface area contributed by atoms with Gasteiger partial charge in [-0.15, -0.1) is 0 Å². The summed E-state index contributed by atoms with van der Waals surface area (Å²) in [6.45, 7) is 7.01. The molecule has 0 fully saturated rings. The van der Waals surface area contributed by atoms with E-state index in [1.807, 2.05) is 6.21 Å². The lowest BCUT2D eigenvalue weighted by molar-refractivity contribution is 0.659. The predicted molar refractivity (Wildman–Crippen MR) is 46.5 cm³/mol. The highest BCUT2D eigenvalue weighted by atomic mass is 14.8. The molecule has 0 rings (SSSR count). The Bertz CT molecular complexity index is 93.4. The SMILES string of the molecule is CCC(CN)N=CC(C)C. The molecule has 2 nitrogen and oxygen atoms in total. The highest BCUT2D eigenvalue weighted by Gasteiger charge is 1.97. The zero-order valence-electron chi connectivity index (χ0n) is 7.17. The zero-order valence-corrected chi connectivity index (χ0v) is 7.17. The van der Waals surface area contributed by atoms with E-state index >= 15 is 0 Å². The zero-order chi connectivity index (χ0) is 7.98. The molecule has 0 heterocycles. The maximum Gasteiger partial charge on any atom is 0.0615 e. The Morgan fingerprint density at radius 2 is 2.10 bits per heavy atom. The van der Waals surface area contributed by atoms with Gasteiger partial charge in [-0.05, 0) is 12.3 Å². The Hall–Kier alpha value is -0.370. The van der Waals surface area contributed by atoms with Crippen molar-refractivity contribution in [3.63, 3.8) is 0 Å². The summed E-state index contributed by atoms with van der Waals surface area (Å²) in [5.74, 6) is 0.542. The highest BCUT2D eigenvalue weighted by Crippen LogP contribution is 1.95. The molecule has 1 atom stereocenters.